The summed E-state index contributed by atoms with van der Waals surface area (Å²) in [6.07, 6.45) is 5.57. The van der Waals surface area contributed by atoms with E-state index in [2.05, 4.69) is 43.3 Å². The fourth-order valence-electron chi connectivity index (χ4n) is 4.65. The van der Waals surface area contributed by atoms with Crippen molar-refractivity contribution in [3.05, 3.63) is 47.5 Å². The molecule has 0 aromatic heterocycles. The van der Waals surface area contributed by atoms with E-state index >= 15 is 0 Å². The van der Waals surface area contributed by atoms with Crippen molar-refractivity contribution in [2.24, 2.45) is 11.8 Å². The SMILES string of the molecule is Cc1cccc(C[NH+]2CC[NH+](CN3C(=O)[C@H]4CC=CC[C@@H]4C3=O)CC2)c1. The van der Waals surface area contributed by atoms with Gasteiger partial charge in [-0.2, -0.15) is 0 Å². The van der Waals surface area contributed by atoms with Crippen LogP contribution in [0.2, 0.25) is 0 Å². The zero-order valence-corrected chi connectivity index (χ0v) is 15.5. The van der Waals surface area contributed by atoms with E-state index in [1.807, 2.05) is 0 Å². The van der Waals surface area contributed by atoms with Crippen LogP contribution in [0.4, 0.5) is 0 Å². The van der Waals surface area contributed by atoms with Crippen molar-refractivity contribution in [1.29, 1.82) is 0 Å². The Bertz CT molecular complexity index is 696. The van der Waals surface area contributed by atoms with Crippen molar-refractivity contribution in [2.75, 3.05) is 32.8 Å². The highest BCUT2D eigenvalue weighted by molar-refractivity contribution is 6.05. The summed E-state index contributed by atoms with van der Waals surface area (Å²) in [5.74, 6) is -0.0713. The van der Waals surface area contributed by atoms with Crippen LogP contribution in [-0.2, 0) is 16.1 Å². The number of carbonyl (C=O) groups excluding carboxylic acids is 2. The van der Waals surface area contributed by atoms with Gasteiger partial charge in [-0.25, -0.2) is 4.90 Å². The average molecular weight is 355 g/mol. The quantitative estimate of drug-likeness (QED) is 0.548. The number of likely N-dealkylation sites (tertiary alicyclic amines) is 1. The van der Waals surface area contributed by atoms with Crippen molar-refractivity contribution < 1.29 is 19.4 Å². The molecule has 2 fully saturated rings. The van der Waals surface area contributed by atoms with Crippen LogP contribution in [0, 0.1) is 18.8 Å². The van der Waals surface area contributed by atoms with Crippen LogP contribution in [0.3, 0.4) is 0 Å². The number of allylic oxidation sites excluding steroid dienone is 2. The zero-order valence-electron chi connectivity index (χ0n) is 15.5. The maximum Gasteiger partial charge on any atom is 0.237 e. The molecular weight excluding hydrogens is 326 g/mol. The molecule has 0 bridgehead atoms. The number of nitrogens with zero attached hydrogens (tertiary/aromatic N) is 1. The molecule has 0 spiro atoms. The lowest BCUT2D eigenvalue weighted by molar-refractivity contribution is -1.02. The lowest BCUT2D eigenvalue weighted by atomic mass is 9.85. The van der Waals surface area contributed by atoms with Crippen molar-refractivity contribution >= 4 is 11.8 Å². The molecule has 138 valence electrons. The van der Waals surface area contributed by atoms with Crippen LogP contribution in [-0.4, -0.2) is 49.6 Å². The van der Waals surface area contributed by atoms with Gasteiger partial charge in [-0.1, -0.05) is 42.0 Å². The molecule has 2 heterocycles. The number of piperazine rings is 1. The zero-order chi connectivity index (χ0) is 18.1. The number of fused-ring (bicyclic) bond motifs is 1. The minimum absolute atomic E-state index is 0.0615. The second kappa shape index (κ2) is 7.33. The molecule has 26 heavy (non-hydrogen) atoms. The predicted octanol–water partition coefficient (Wildman–Crippen LogP) is -0.813. The summed E-state index contributed by atoms with van der Waals surface area (Å²) >= 11 is 0. The minimum atomic E-state index is -0.0971. The molecule has 2 saturated heterocycles. The summed E-state index contributed by atoms with van der Waals surface area (Å²) in [6.45, 7) is 7.98. The fraction of sp³-hybridized carbons (Fsp3) is 0.524. The first-order chi connectivity index (χ1) is 12.6. The topological polar surface area (TPSA) is 46.3 Å². The molecule has 2 amide bonds. The molecule has 0 unspecified atom stereocenters. The van der Waals surface area contributed by atoms with Gasteiger partial charge in [0.15, 0.2) is 6.67 Å². The summed E-state index contributed by atoms with van der Waals surface area (Å²) < 4.78 is 0. The number of quaternary nitrogens is 2. The average Bonchev–Trinajstić information content (AvgIpc) is 2.89. The van der Waals surface area contributed by atoms with Gasteiger partial charge in [-0.3, -0.25) is 9.59 Å². The molecule has 5 heteroatoms. The lowest BCUT2D eigenvalue weighted by Crippen LogP contribution is -3.28. The smallest absolute Gasteiger partial charge is 0.237 e. The number of nitrogens with one attached hydrogen (secondary N) is 2. The number of aryl methyl sites for hydroxylation is 1. The molecule has 2 atom stereocenters. The van der Waals surface area contributed by atoms with Gasteiger partial charge in [0.05, 0.1) is 11.8 Å². The molecule has 1 aromatic carbocycles. The van der Waals surface area contributed by atoms with E-state index < -0.39 is 0 Å². The second-order valence-electron chi connectivity index (χ2n) is 8.08. The van der Waals surface area contributed by atoms with Gasteiger partial charge in [0.2, 0.25) is 11.8 Å². The molecule has 2 N–H and O–H groups in total. The normalized spacial score (nSPS) is 31.3. The van der Waals surface area contributed by atoms with Crippen LogP contribution in [0.15, 0.2) is 36.4 Å². The van der Waals surface area contributed by atoms with Crippen molar-refractivity contribution in [3.8, 4) is 0 Å². The fourth-order valence-corrected chi connectivity index (χ4v) is 4.65. The van der Waals surface area contributed by atoms with Gasteiger partial charge in [0.1, 0.15) is 32.7 Å². The Kier molecular flexibility index (Phi) is 4.92. The van der Waals surface area contributed by atoms with E-state index in [0.717, 1.165) is 45.6 Å². The summed E-state index contributed by atoms with van der Waals surface area (Å²) in [6, 6.07) is 8.74. The Morgan fingerprint density at radius 2 is 1.58 bits per heavy atom. The van der Waals surface area contributed by atoms with E-state index in [0.29, 0.717) is 6.67 Å². The third-order valence-corrected chi connectivity index (χ3v) is 6.18. The third kappa shape index (κ3) is 3.46. The van der Waals surface area contributed by atoms with Gasteiger partial charge < -0.3 is 9.80 Å². The molecule has 4 rings (SSSR count). The number of rotatable bonds is 4. The Hall–Kier alpha value is -1.98. The van der Waals surface area contributed by atoms with Crippen molar-refractivity contribution in [1.82, 2.24) is 4.90 Å². The number of carbonyl (C=O) groups is 2. The first kappa shape index (κ1) is 17.4. The van der Waals surface area contributed by atoms with Crippen LogP contribution in [0.1, 0.15) is 24.0 Å². The molecular formula is C21H29N3O2+2. The lowest BCUT2D eigenvalue weighted by Gasteiger charge is -2.31. The Labute approximate surface area is 155 Å². The Morgan fingerprint density at radius 3 is 2.19 bits per heavy atom. The number of hydrogen-bond donors (Lipinski definition) is 2. The van der Waals surface area contributed by atoms with Crippen molar-refractivity contribution in [3.63, 3.8) is 0 Å². The summed E-state index contributed by atoms with van der Waals surface area (Å²) in [5.41, 5.74) is 2.71. The second-order valence-corrected chi connectivity index (χ2v) is 8.08. The standard InChI is InChI=1S/C21H27N3O2/c1-16-5-4-6-17(13-16)14-22-9-11-23(12-10-22)15-24-20(25)18-7-2-3-8-19(18)21(24)26/h2-6,13,18-19H,7-12,14-15H2,1H3/p+2/t18-,19-/m0/s1. The van der Waals surface area contributed by atoms with Crippen LogP contribution >= 0.6 is 0 Å². The Balaban J connectivity index is 1.30. The van der Waals surface area contributed by atoms with Gasteiger partial charge in [-0.15, -0.1) is 0 Å². The van der Waals surface area contributed by atoms with E-state index in [9.17, 15) is 9.59 Å². The number of benzene rings is 1. The summed E-state index contributed by atoms with van der Waals surface area (Å²) in [4.78, 5) is 29.7. The monoisotopic (exact) mass is 355 g/mol. The maximum absolute atomic E-state index is 12.6. The molecule has 5 nitrogen and oxygen atoms in total. The molecule has 2 aliphatic heterocycles. The van der Waals surface area contributed by atoms with Crippen molar-refractivity contribution in [2.45, 2.75) is 26.3 Å². The number of imide groups is 1. The molecule has 1 aliphatic carbocycles. The Morgan fingerprint density at radius 1 is 0.962 bits per heavy atom. The summed E-state index contributed by atoms with van der Waals surface area (Å²) in [7, 11) is 0. The summed E-state index contributed by atoms with van der Waals surface area (Å²) in [5, 5.41) is 0. The number of hydrogen-bond acceptors (Lipinski definition) is 2. The van der Waals surface area contributed by atoms with Gasteiger partial charge in [0.25, 0.3) is 0 Å². The van der Waals surface area contributed by atoms with Gasteiger partial charge >= 0.3 is 0 Å². The van der Waals surface area contributed by atoms with Crippen LogP contribution in [0.5, 0.6) is 0 Å². The molecule has 0 radical (unpaired) electrons. The first-order valence-corrected chi connectivity index (χ1v) is 9.84. The minimum Gasteiger partial charge on any atom is -0.322 e. The number of amides is 2. The van der Waals surface area contributed by atoms with Gasteiger partial charge in [-0.05, 0) is 19.8 Å². The maximum atomic E-state index is 12.6. The van der Waals surface area contributed by atoms with E-state index in [4.69, 9.17) is 0 Å². The first-order valence-electron chi connectivity index (χ1n) is 9.84. The highest BCUT2D eigenvalue weighted by Crippen LogP contribution is 2.34. The molecule has 0 saturated carbocycles. The predicted molar refractivity (Wildman–Crippen MR) is 98.4 cm³/mol. The van der Waals surface area contributed by atoms with Crippen LogP contribution in [0.25, 0.3) is 0 Å². The van der Waals surface area contributed by atoms with Gasteiger partial charge in [0, 0.05) is 5.56 Å². The third-order valence-electron chi connectivity index (χ3n) is 6.18. The van der Waals surface area contributed by atoms with Crippen LogP contribution < -0.4 is 9.80 Å². The molecule has 1 aromatic rings. The van der Waals surface area contributed by atoms with E-state index in [1.54, 1.807) is 9.80 Å². The highest BCUT2D eigenvalue weighted by Gasteiger charge is 2.48. The molecule has 3 aliphatic rings. The largest absolute Gasteiger partial charge is 0.322 e. The highest BCUT2D eigenvalue weighted by atomic mass is 16.2. The van der Waals surface area contributed by atoms with E-state index in [1.165, 1.54) is 16.0 Å². The van der Waals surface area contributed by atoms with E-state index in [-0.39, 0.29) is 23.7 Å².